The van der Waals surface area contributed by atoms with Crippen molar-refractivity contribution in [3.63, 3.8) is 0 Å². The van der Waals surface area contributed by atoms with Gasteiger partial charge in [0.05, 0.1) is 5.69 Å². The van der Waals surface area contributed by atoms with E-state index < -0.39 is 0 Å². The summed E-state index contributed by atoms with van der Waals surface area (Å²) in [5.41, 5.74) is 9.76. The Labute approximate surface area is 133 Å². The van der Waals surface area contributed by atoms with E-state index in [-0.39, 0.29) is 11.9 Å². The van der Waals surface area contributed by atoms with Gasteiger partial charge in [-0.25, -0.2) is 9.97 Å². The van der Waals surface area contributed by atoms with Crippen LogP contribution >= 0.6 is 0 Å². The van der Waals surface area contributed by atoms with Gasteiger partial charge in [0.1, 0.15) is 5.69 Å². The molecule has 6 nitrogen and oxygen atoms in total. The number of anilines is 1. The van der Waals surface area contributed by atoms with Crippen molar-refractivity contribution in [3.8, 4) is 11.3 Å². The van der Waals surface area contributed by atoms with Crippen LogP contribution in [0.5, 0.6) is 0 Å². The van der Waals surface area contributed by atoms with Crippen molar-refractivity contribution in [2.24, 2.45) is 0 Å². The SMILES string of the molecule is Cc1ccccc1CNC(=O)c1cc(-c2ccnc(N)n2)c[nH]1. The van der Waals surface area contributed by atoms with Crippen LogP contribution in [-0.2, 0) is 6.54 Å². The molecular formula is C17H17N5O. The predicted molar refractivity (Wildman–Crippen MR) is 88.6 cm³/mol. The molecule has 0 saturated heterocycles. The fraction of sp³-hybridized carbons (Fsp3) is 0.118. The van der Waals surface area contributed by atoms with Crippen molar-refractivity contribution in [1.82, 2.24) is 20.3 Å². The highest BCUT2D eigenvalue weighted by atomic mass is 16.1. The van der Waals surface area contributed by atoms with Crippen molar-refractivity contribution in [2.45, 2.75) is 13.5 Å². The summed E-state index contributed by atoms with van der Waals surface area (Å²) in [6.45, 7) is 2.51. The second-order valence-electron chi connectivity index (χ2n) is 5.21. The molecule has 4 N–H and O–H groups in total. The first-order valence-corrected chi connectivity index (χ1v) is 7.23. The Bertz CT molecular complexity index is 840. The van der Waals surface area contributed by atoms with E-state index in [9.17, 15) is 4.79 Å². The highest BCUT2D eigenvalue weighted by molar-refractivity contribution is 5.93. The molecule has 0 saturated carbocycles. The molecule has 0 radical (unpaired) electrons. The number of nitrogens with zero attached hydrogens (tertiary/aromatic N) is 2. The van der Waals surface area contributed by atoms with E-state index in [4.69, 9.17) is 5.73 Å². The van der Waals surface area contributed by atoms with Crippen LogP contribution in [0.3, 0.4) is 0 Å². The lowest BCUT2D eigenvalue weighted by atomic mass is 10.1. The molecule has 2 heterocycles. The number of carbonyl (C=O) groups excluding carboxylic acids is 1. The van der Waals surface area contributed by atoms with Crippen LogP contribution in [0.25, 0.3) is 11.3 Å². The lowest BCUT2D eigenvalue weighted by Crippen LogP contribution is -2.23. The summed E-state index contributed by atoms with van der Waals surface area (Å²) in [6, 6.07) is 11.4. The van der Waals surface area contributed by atoms with Gasteiger partial charge in [-0.3, -0.25) is 4.79 Å². The maximum absolute atomic E-state index is 12.2. The smallest absolute Gasteiger partial charge is 0.267 e. The van der Waals surface area contributed by atoms with E-state index in [0.717, 1.165) is 16.7 Å². The van der Waals surface area contributed by atoms with E-state index in [2.05, 4.69) is 20.3 Å². The van der Waals surface area contributed by atoms with Gasteiger partial charge >= 0.3 is 0 Å². The average molecular weight is 307 g/mol. The quantitative estimate of drug-likeness (QED) is 0.689. The van der Waals surface area contributed by atoms with Gasteiger partial charge in [0, 0.05) is 24.5 Å². The topological polar surface area (TPSA) is 96.7 Å². The highest BCUT2D eigenvalue weighted by Crippen LogP contribution is 2.18. The number of H-pyrrole nitrogens is 1. The molecule has 1 amide bonds. The maximum Gasteiger partial charge on any atom is 0.267 e. The van der Waals surface area contributed by atoms with Gasteiger partial charge in [0.2, 0.25) is 5.95 Å². The lowest BCUT2D eigenvalue weighted by molar-refractivity contribution is 0.0946. The summed E-state index contributed by atoms with van der Waals surface area (Å²) < 4.78 is 0. The third-order valence-corrected chi connectivity index (χ3v) is 3.60. The molecule has 1 aromatic carbocycles. The molecule has 0 fully saturated rings. The zero-order chi connectivity index (χ0) is 16.2. The van der Waals surface area contributed by atoms with E-state index >= 15 is 0 Å². The summed E-state index contributed by atoms with van der Waals surface area (Å²) in [5, 5.41) is 2.90. The fourth-order valence-corrected chi connectivity index (χ4v) is 2.29. The molecule has 2 aromatic heterocycles. The number of aryl methyl sites for hydroxylation is 1. The van der Waals surface area contributed by atoms with E-state index in [0.29, 0.717) is 17.9 Å². The van der Waals surface area contributed by atoms with Gasteiger partial charge in [-0.15, -0.1) is 0 Å². The Morgan fingerprint density at radius 2 is 2.13 bits per heavy atom. The number of hydrogen-bond donors (Lipinski definition) is 3. The molecule has 116 valence electrons. The van der Waals surface area contributed by atoms with Crippen molar-refractivity contribution >= 4 is 11.9 Å². The third-order valence-electron chi connectivity index (χ3n) is 3.60. The van der Waals surface area contributed by atoms with Crippen LogP contribution in [0.2, 0.25) is 0 Å². The van der Waals surface area contributed by atoms with Crippen LogP contribution in [0, 0.1) is 6.92 Å². The number of nitrogens with two attached hydrogens (primary N) is 1. The number of rotatable bonds is 4. The molecule has 6 heteroatoms. The molecule has 0 spiro atoms. The van der Waals surface area contributed by atoms with Crippen molar-refractivity contribution in [1.29, 1.82) is 0 Å². The van der Waals surface area contributed by atoms with Gasteiger partial charge < -0.3 is 16.0 Å². The summed E-state index contributed by atoms with van der Waals surface area (Å²) >= 11 is 0. The van der Waals surface area contributed by atoms with Crippen LogP contribution in [0.15, 0.2) is 48.8 Å². The number of benzene rings is 1. The highest BCUT2D eigenvalue weighted by Gasteiger charge is 2.10. The number of carbonyl (C=O) groups is 1. The van der Waals surface area contributed by atoms with Gasteiger partial charge in [-0.2, -0.15) is 0 Å². The summed E-state index contributed by atoms with van der Waals surface area (Å²) in [6.07, 6.45) is 3.31. The Morgan fingerprint density at radius 3 is 2.91 bits per heavy atom. The second kappa shape index (κ2) is 6.31. The number of aromatic amines is 1. The Hall–Kier alpha value is -3.15. The van der Waals surface area contributed by atoms with E-state index in [1.54, 1.807) is 24.5 Å². The lowest BCUT2D eigenvalue weighted by Gasteiger charge is -2.06. The number of aromatic nitrogens is 3. The molecule has 0 aliphatic rings. The Balaban J connectivity index is 1.70. The van der Waals surface area contributed by atoms with Gasteiger partial charge in [0.15, 0.2) is 0 Å². The molecule has 0 atom stereocenters. The molecule has 0 unspecified atom stereocenters. The molecular weight excluding hydrogens is 290 g/mol. The van der Waals surface area contributed by atoms with Crippen molar-refractivity contribution < 1.29 is 4.79 Å². The van der Waals surface area contributed by atoms with Crippen LogP contribution < -0.4 is 11.1 Å². The van der Waals surface area contributed by atoms with Crippen LogP contribution in [0.1, 0.15) is 21.6 Å². The Morgan fingerprint density at radius 1 is 1.30 bits per heavy atom. The number of hydrogen-bond acceptors (Lipinski definition) is 4. The van der Waals surface area contributed by atoms with Crippen molar-refractivity contribution in [2.75, 3.05) is 5.73 Å². The predicted octanol–water partition coefficient (Wildman–Crippen LogP) is 2.29. The van der Waals surface area contributed by atoms with Gasteiger partial charge in [0.25, 0.3) is 5.91 Å². The molecule has 3 rings (SSSR count). The fourth-order valence-electron chi connectivity index (χ4n) is 2.29. The van der Waals surface area contributed by atoms with E-state index in [1.165, 1.54) is 0 Å². The maximum atomic E-state index is 12.2. The largest absolute Gasteiger partial charge is 0.368 e. The standard InChI is InChI=1S/C17H17N5O/c1-11-4-2-3-5-12(11)9-21-16(23)15-8-13(10-20-15)14-6-7-19-17(18)22-14/h2-8,10,20H,9H2,1H3,(H,21,23)(H2,18,19,22). The first-order chi connectivity index (χ1) is 11.1. The summed E-state index contributed by atoms with van der Waals surface area (Å²) in [7, 11) is 0. The summed E-state index contributed by atoms with van der Waals surface area (Å²) in [5.74, 6) is 0.0378. The van der Waals surface area contributed by atoms with E-state index in [1.807, 2.05) is 31.2 Å². The number of nitrogens with one attached hydrogen (secondary N) is 2. The Kier molecular flexibility index (Phi) is 4.05. The molecule has 23 heavy (non-hydrogen) atoms. The zero-order valence-electron chi connectivity index (χ0n) is 12.7. The number of amides is 1. The minimum absolute atomic E-state index is 0.165. The van der Waals surface area contributed by atoms with Crippen LogP contribution in [-0.4, -0.2) is 20.9 Å². The van der Waals surface area contributed by atoms with Gasteiger partial charge in [-0.05, 0) is 30.2 Å². The molecule has 0 aliphatic carbocycles. The van der Waals surface area contributed by atoms with Crippen molar-refractivity contribution in [3.05, 3.63) is 65.6 Å². The molecule has 3 aromatic rings. The second-order valence-corrected chi connectivity index (χ2v) is 5.21. The van der Waals surface area contributed by atoms with Gasteiger partial charge in [-0.1, -0.05) is 24.3 Å². The summed E-state index contributed by atoms with van der Waals surface area (Å²) in [4.78, 5) is 23.2. The van der Waals surface area contributed by atoms with Crippen LogP contribution in [0.4, 0.5) is 5.95 Å². The third kappa shape index (κ3) is 3.37. The minimum Gasteiger partial charge on any atom is -0.368 e. The molecule has 0 aliphatic heterocycles. The minimum atomic E-state index is -0.165. The first-order valence-electron chi connectivity index (χ1n) is 7.23. The first kappa shape index (κ1) is 14.8. The molecule has 0 bridgehead atoms. The monoisotopic (exact) mass is 307 g/mol. The number of nitrogen functional groups attached to an aromatic ring is 1. The average Bonchev–Trinajstić information content (AvgIpc) is 3.04. The normalized spacial score (nSPS) is 10.5. The zero-order valence-corrected chi connectivity index (χ0v) is 12.7.